The first-order valence-corrected chi connectivity index (χ1v) is 6.79. The molecule has 1 aliphatic rings. The fourth-order valence-electron chi connectivity index (χ4n) is 2.51. The van der Waals surface area contributed by atoms with Crippen molar-refractivity contribution in [2.45, 2.75) is 37.9 Å². The quantitative estimate of drug-likeness (QED) is 0.869. The molecular formula is C12H15ClF3N3O. The van der Waals surface area contributed by atoms with Crippen LogP contribution in [0.2, 0.25) is 5.28 Å². The number of nitrogens with zero attached hydrogens (tertiary/aromatic N) is 3. The number of anilines is 1. The lowest BCUT2D eigenvalue weighted by Gasteiger charge is -2.29. The van der Waals surface area contributed by atoms with Gasteiger partial charge in [0.25, 0.3) is 0 Å². The first-order valence-electron chi connectivity index (χ1n) is 6.41. The molecule has 1 aromatic heterocycles. The molecule has 20 heavy (non-hydrogen) atoms. The maximum Gasteiger partial charge on any atom is 0.433 e. The van der Waals surface area contributed by atoms with E-state index in [4.69, 9.17) is 16.7 Å². The lowest BCUT2D eigenvalue weighted by atomic mass is 10.2. The van der Waals surface area contributed by atoms with Crippen LogP contribution in [0.5, 0.6) is 0 Å². The summed E-state index contributed by atoms with van der Waals surface area (Å²) in [5.74, 6) is 0.123. The predicted molar refractivity (Wildman–Crippen MR) is 68.7 cm³/mol. The molecule has 1 fully saturated rings. The van der Waals surface area contributed by atoms with Crippen molar-refractivity contribution in [3.8, 4) is 0 Å². The lowest BCUT2D eigenvalue weighted by Crippen LogP contribution is -2.36. The number of hydrogen-bond donors (Lipinski definition) is 1. The van der Waals surface area contributed by atoms with Crippen LogP contribution in [0, 0.1) is 0 Å². The summed E-state index contributed by atoms with van der Waals surface area (Å²) in [4.78, 5) is 8.78. The summed E-state index contributed by atoms with van der Waals surface area (Å²) in [5, 5.41) is 8.68. The van der Waals surface area contributed by atoms with Crippen molar-refractivity contribution in [1.29, 1.82) is 0 Å². The summed E-state index contributed by atoms with van der Waals surface area (Å²) >= 11 is 5.60. The van der Waals surface area contributed by atoms with Gasteiger partial charge >= 0.3 is 6.18 Å². The van der Waals surface area contributed by atoms with E-state index < -0.39 is 17.2 Å². The third-order valence-corrected chi connectivity index (χ3v) is 3.55. The number of halogens is 4. The van der Waals surface area contributed by atoms with Gasteiger partial charge in [0.15, 0.2) is 5.69 Å². The van der Waals surface area contributed by atoms with Gasteiger partial charge in [0.1, 0.15) is 5.82 Å². The summed E-state index contributed by atoms with van der Waals surface area (Å²) in [6.45, 7) is 0.0782. The average molecular weight is 310 g/mol. The van der Waals surface area contributed by atoms with Gasteiger partial charge in [0, 0.05) is 18.7 Å². The second kappa shape index (κ2) is 6.13. The van der Waals surface area contributed by atoms with E-state index in [2.05, 4.69) is 9.97 Å². The Morgan fingerprint density at radius 2 is 1.95 bits per heavy atom. The summed E-state index contributed by atoms with van der Waals surface area (Å²) in [5.41, 5.74) is -1.06. The highest BCUT2D eigenvalue weighted by Gasteiger charge is 2.35. The van der Waals surface area contributed by atoms with Gasteiger partial charge < -0.3 is 10.0 Å². The molecule has 0 aromatic carbocycles. The van der Waals surface area contributed by atoms with E-state index >= 15 is 0 Å². The molecule has 0 radical (unpaired) electrons. The fraction of sp³-hybridized carbons (Fsp3) is 0.667. The Hall–Kier alpha value is -1.08. The topological polar surface area (TPSA) is 49.2 Å². The second-order valence-corrected chi connectivity index (χ2v) is 5.07. The molecule has 0 spiro atoms. The zero-order valence-corrected chi connectivity index (χ0v) is 11.5. The van der Waals surface area contributed by atoms with Crippen LogP contribution in [0.3, 0.4) is 0 Å². The highest BCUT2D eigenvalue weighted by molar-refractivity contribution is 6.28. The molecule has 1 aliphatic carbocycles. The van der Waals surface area contributed by atoms with E-state index in [1.54, 1.807) is 4.90 Å². The van der Waals surface area contributed by atoms with Crippen molar-refractivity contribution in [3.05, 3.63) is 17.0 Å². The van der Waals surface area contributed by atoms with Crippen molar-refractivity contribution in [3.63, 3.8) is 0 Å². The number of alkyl halides is 3. The van der Waals surface area contributed by atoms with Gasteiger partial charge in [-0.15, -0.1) is 0 Å². The highest BCUT2D eigenvalue weighted by Crippen LogP contribution is 2.33. The van der Waals surface area contributed by atoms with E-state index in [9.17, 15) is 13.2 Å². The van der Waals surface area contributed by atoms with Crippen LogP contribution in [0.25, 0.3) is 0 Å². The standard InChI is InChI=1S/C12H15ClF3N3O/c13-11-17-9(12(14,15)16)7-10(18-11)19(5-6-20)8-3-1-2-4-8/h7-8,20H,1-6H2. The Balaban J connectivity index is 2.34. The molecule has 112 valence electrons. The van der Waals surface area contributed by atoms with Crippen molar-refractivity contribution in [2.24, 2.45) is 0 Å². The maximum absolute atomic E-state index is 12.8. The zero-order chi connectivity index (χ0) is 14.8. The Labute approximate surface area is 119 Å². The third kappa shape index (κ3) is 3.52. The molecule has 0 aliphatic heterocycles. The third-order valence-electron chi connectivity index (χ3n) is 3.38. The normalized spacial score (nSPS) is 16.6. The molecule has 2 rings (SSSR count). The Bertz CT molecular complexity index is 464. The van der Waals surface area contributed by atoms with Gasteiger partial charge in [-0.25, -0.2) is 9.97 Å². The van der Waals surface area contributed by atoms with E-state index in [0.29, 0.717) is 0 Å². The number of aromatic nitrogens is 2. The van der Waals surface area contributed by atoms with Crippen LogP contribution in [-0.4, -0.2) is 34.3 Å². The number of aliphatic hydroxyl groups excluding tert-OH is 1. The molecule has 1 heterocycles. The molecule has 0 amide bonds. The molecule has 8 heteroatoms. The molecule has 0 bridgehead atoms. The van der Waals surface area contributed by atoms with Crippen LogP contribution in [0.15, 0.2) is 6.07 Å². The van der Waals surface area contributed by atoms with Gasteiger partial charge in [-0.05, 0) is 24.4 Å². The second-order valence-electron chi connectivity index (χ2n) is 4.73. The Kier molecular flexibility index (Phi) is 4.70. The van der Waals surface area contributed by atoms with Crippen molar-refractivity contribution < 1.29 is 18.3 Å². The van der Waals surface area contributed by atoms with Gasteiger partial charge in [0.05, 0.1) is 6.61 Å². The number of hydrogen-bond acceptors (Lipinski definition) is 4. The van der Waals surface area contributed by atoms with E-state index in [1.165, 1.54) is 0 Å². The minimum Gasteiger partial charge on any atom is -0.395 e. The lowest BCUT2D eigenvalue weighted by molar-refractivity contribution is -0.141. The molecular weight excluding hydrogens is 295 g/mol. The van der Waals surface area contributed by atoms with Gasteiger partial charge in [0.2, 0.25) is 5.28 Å². The predicted octanol–water partition coefficient (Wildman–Crippen LogP) is 2.89. The Morgan fingerprint density at radius 3 is 2.50 bits per heavy atom. The largest absolute Gasteiger partial charge is 0.433 e. The van der Waals surface area contributed by atoms with E-state index in [-0.39, 0.29) is 25.0 Å². The van der Waals surface area contributed by atoms with Gasteiger partial charge in [-0.3, -0.25) is 0 Å². The average Bonchev–Trinajstić information content (AvgIpc) is 2.87. The first-order chi connectivity index (χ1) is 9.41. The monoisotopic (exact) mass is 309 g/mol. The van der Waals surface area contributed by atoms with Crippen LogP contribution in [0.1, 0.15) is 31.4 Å². The van der Waals surface area contributed by atoms with Crippen LogP contribution >= 0.6 is 11.6 Å². The maximum atomic E-state index is 12.8. The van der Waals surface area contributed by atoms with E-state index in [1.807, 2.05) is 0 Å². The molecule has 0 atom stereocenters. The number of rotatable bonds is 4. The molecule has 1 saturated carbocycles. The summed E-state index contributed by atoms with van der Waals surface area (Å²) < 4.78 is 38.3. The Morgan fingerprint density at radius 1 is 1.30 bits per heavy atom. The van der Waals surface area contributed by atoms with Crippen molar-refractivity contribution >= 4 is 17.4 Å². The molecule has 4 nitrogen and oxygen atoms in total. The van der Waals surface area contributed by atoms with Crippen molar-refractivity contribution in [2.75, 3.05) is 18.1 Å². The molecule has 1 N–H and O–H groups in total. The van der Waals surface area contributed by atoms with Gasteiger partial charge in [-0.2, -0.15) is 13.2 Å². The molecule has 0 unspecified atom stereocenters. The SMILES string of the molecule is OCCN(c1cc(C(F)(F)F)nc(Cl)n1)C1CCCC1. The summed E-state index contributed by atoms with van der Waals surface area (Å²) in [6.07, 6.45) is -0.761. The zero-order valence-electron chi connectivity index (χ0n) is 10.7. The van der Waals surface area contributed by atoms with Crippen LogP contribution in [0.4, 0.5) is 19.0 Å². The summed E-state index contributed by atoms with van der Waals surface area (Å²) in [6, 6.07) is 0.981. The highest BCUT2D eigenvalue weighted by atomic mass is 35.5. The first kappa shape index (κ1) is 15.3. The van der Waals surface area contributed by atoms with E-state index in [0.717, 1.165) is 31.7 Å². The van der Waals surface area contributed by atoms with Crippen molar-refractivity contribution in [1.82, 2.24) is 9.97 Å². The summed E-state index contributed by atoms with van der Waals surface area (Å²) in [7, 11) is 0. The van der Waals surface area contributed by atoms with Gasteiger partial charge in [-0.1, -0.05) is 12.8 Å². The van der Waals surface area contributed by atoms with Crippen LogP contribution in [-0.2, 0) is 6.18 Å². The minimum absolute atomic E-state index is 0.0919. The minimum atomic E-state index is -4.57. The molecule has 1 aromatic rings. The fourth-order valence-corrected chi connectivity index (χ4v) is 2.68. The number of aliphatic hydroxyl groups is 1. The smallest absolute Gasteiger partial charge is 0.395 e. The van der Waals surface area contributed by atoms with Crippen LogP contribution < -0.4 is 4.90 Å². The molecule has 0 saturated heterocycles.